The minimum Gasteiger partial charge on any atom is -0.350 e. The summed E-state index contributed by atoms with van der Waals surface area (Å²) in [7, 11) is -4.11. The number of carbonyl (C=O) groups is 2. The maximum atomic E-state index is 14.3. The number of rotatable bonds is 10. The van der Waals surface area contributed by atoms with Crippen molar-refractivity contribution in [3.63, 3.8) is 0 Å². The van der Waals surface area contributed by atoms with Crippen LogP contribution in [0.5, 0.6) is 0 Å². The quantitative estimate of drug-likeness (QED) is 0.328. The van der Waals surface area contributed by atoms with Gasteiger partial charge in [0, 0.05) is 12.1 Å². The summed E-state index contributed by atoms with van der Waals surface area (Å²) in [6, 6.07) is 19.0. The van der Waals surface area contributed by atoms with Crippen molar-refractivity contribution in [1.82, 2.24) is 10.2 Å². The van der Waals surface area contributed by atoms with Crippen molar-refractivity contribution in [3.05, 3.63) is 94.5 Å². The molecule has 0 saturated carbocycles. The number of aryl methyl sites for hydroxylation is 3. The number of nitrogens with zero attached hydrogens (tertiary/aromatic N) is 2. The third-order valence-electron chi connectivity index (χ3n) is 7.05. The van der Waals surface area contributed by atoms with Gasteiger partial charge in [-0.25, -0.2) is 8.42 Å². The SMILES string of the molecule is CCC(C(=O)NC(C)(C)C)N(Cc1cccc(C)c1)C(=O)CN(c1cccc(C)c1C)S(=O)(=O)c1ccc(C)cc1. The molecule has 0 aliphatic rings. The summed E-state index contributed by atoms with van der Waals surface area (Å²) >= 11 is 0. The van der Waals surface area contributed by atoms with E-state index in [4.69, 9.17) is 0 Å². The van der Waals surface area contributed by atoms with E-state index < -0.39 is 34.1 Å². The monoisotopic (exact) mass is 577 g/mol. The van der Waals surface area contributed by atoms with E-state index >= 15 is 0 Å². The molecule has 220 valence electrons. The van der Waals surface area contributed by atoms with Crippen LogP contribution in [0.15, 0.2) is 71.6 Å². The Bertz CT molecular complexity index is 1490. The van der Waals surface area contributed by atoms with E-state index in [1.165, 1.54) is 9.21 Å². The molecule has 3 aromatic rings. The van der Waals surface area contributed by atoms with Crippen LogP contribution in [0.2, 0.25) is 0 Å². The lowest BCUT2D eigenvalue weighted by Crippen LogP contribution is -2.55. The predicted octanol–water partition coefficient (Wildman–Crippen LogP) is 5.84. The van der Waals surface area contributed by atoms with Gasteiger partial charge in [0.15, 0.2) is 0 Å². The maximum Gasteiger partial charge on any atom is 0.264 e. The molecule has 0 radical (unpaired) electrons. The van der Waals surface area contributed by atoms with Gasteiger partial charge in [0.1, 0.15) is 12.6 Å². The van der Waals surface area contributed by atoms with Crippen LogP contribution in [-0.2, 0) is 26.2 Å². The maximum absolute atomic E-state index is 14.3. The summed E-state index contributed by atoms with van der Waals surface area (Å²) in [6.45, 7) is 14.9. The van der Waals surface area contributed by atoms with Crippen LogP contribution in [0.25, 0.3) is 0 Å². The number of hydrogen-bond acceptors (Lipinski definition) is 4. The Morgan fingerprint density at radius 2 is 1.51 bits per heavy atom. The zero-order chi connectivity index (χ0) is 30.5. The van der Waals surface area contributed by atoms with E-state index in [1.807, 2.05) is 85.7 Å². The lowest BCUT2D eigenvalue weighted by Gasteiger charge is -2.35. The van der Waals surface area contributed by atoms with Crippen molar-refractivity contribution in [1.29, 1.82) is 0 Å². The normalized spacial score (nSPS) is 12.5. The van der Waals surface area contributed by atoms with Crippen molar-refractivity contribution in [2.24, 2.45) is 0 Å². The predicted molar refractivity (Wildman–Crippen MR) is 165 cm³/mol. The molecular formula is C33H43N3O4S. The highest BCUT2D eigenvalue weighted by Gasteiger charge is 2.35. The fourth-order valence-corrected chi connectivity index (χ4v) is 6.21. The van der Waals surface area contributed by atoms with Crippen LogP contribution in [0, 0.1) is 27.7 Å². The zero-order valence-corrected chi connectivity index (χ0v) is 26.3. The van der Waals surface area contributed by atoms with Crippen molar-refractivity contribution in [2.45, 2.75) is 84.8 Å². The second kappa shape index (κ2) is 12.9. The first kappa shape index (κ1) is 31.9. The zero-order valence-electron chi connectivity index (χ0n) is 25.5. The van der Waals surface area contributed by atoms with Crippen LogP contribution in [0.4, 0.5) is 5.69 Å². The standard InChI is InChI=1S/C33H43N3O4S/c1-9-29(32(38)34-33(6,7)8)35(21-27-14-10-12-24(3)20-27)31(37)22-36(30-15-11-13-25(4)26(30)5)41(39,40)28-18-16-23(2)17-19-28/h10-20,29H,9,21-22H2,1-8H3,(H,34,38). The van der Waals surface area contributed by atoms with Gasteiger partial charge in [0.05, 0.1) is 10.6 Å². The topological polar surface area (TPSA) is 86.8 Å². The van der Waals surface area contributed by atoms with E-state index in [1.54, 1.807) is 36.4 Å². The van der Waals surface area contributed by atoms with Crippen LogP contribution in [0.1, 0.15) is 61.9 Å². The first-order valence-electron chi connectivity index (χ1n) is 14.0. The number of benzene rings is 3. The second-order valence-electron chi connectivity index (χ2n) is 11.7. The van der Waals surface area contributed by atoms with Gasteiger partial charge in [-0.2, -0.15) is 0 Å². The largest absolute Gasteiger partial charge is 0.350 e. The third kappa shape index (κ3) is 7.97. The first-order valence-corrected chi connectivity index (χ1v) is 15.4. The van der Waals surface area contributed by atoms with Crippen molar-refractivity contribution in [2.75, 3.05) is 10.8 Å². The number of nitrogens with one attached hydrogen (secondary N) is 1. The first-order chi connectivity index (χ1) is 19.1. The molecule has 3 aromatic carbocycles. The molecule has 8 heteroatoms. The molecule has 0 spiro atoms. The Hall–Kier alpha value is -3.65. The molecule has 1 unspecified atom stereocenters. The van der Waals surface area contributed by atoms with Gasteiger partial charge in [0.2, 0.25) is 11.8 Å². The minimum atomic E-state index is -4.11. The van der Waals surface area contributed by atoms with E-state index in [9.17, 15) is 18.0 Å². The Balaban J connectivity index is 2.12. The van der Waals surface area contributed by atoms with E-state index in [-0.39, 0.29) is 17.3 Å². The van der Waals surface area contributed by atoms with Gasteiger partial charge in [-0.3, -0.25) is 13.9 Å². The van der Waals surface area contributed by atoms with Crippen LogP contribution >= 0.6 is 0 Å². The number of amides is 2. The molecule has 41 heavy (non-hydrogen) atoms. The Morgan fingerprint density at radius 3 is 2.10 bits per heavy atom. The average molecular weight is 578 g/mol. The van der Waals surface area contributed by atoms with Crippen LogP contribution in [-0.4, -0.2) is 43.3 Å². The number of sulfonamides is 1. The van der Waals surface area contributed by atoms with Crippen molar-refractivity contribution in [3.8, 4) is 0 Å². The van der Waals surface area contributed by atoms with Crippen molar-refractivity contribution >= 4 is 27.5 Å². The second-order valence-corrected chi connectivity index (χ2v) is 13.6. The van der Waals surface area contributed by atoms with Gasteiger partial charge in [-0.15, -0.1) is 0 Å². The van der Waals surface area contributed by atoms with E-state index in [0.29, 0.717) is 12.1 Å². The summed E-state index contributed by atoms with van der Waals surface area (Å²) in [5, 5.41) is 3.00. The highest BCUT2D eigenvalue weighted by Crippen LogP contribution is 2.29. The molecule has 1 atom stereocenters. The molecule has 0 aliphatic carbocycles. The fraction of sp³-hybridized carbons (Fsp3) is 0.394. The molecule has 0 aliphatic heterocycles. The highest BCUT2D eigenvalue weighted by molar-refractivity contribution is 7.92. The highest BCUT2D eigenvalue weighted by atomic mass is 32.2. The lowest BCUT2D eigenvalue weighted by atomic mass is 10.0. The summed E-state index contributed by atoms with van der Waals surface area (Å²) in [5.41, 5.74) is 4.42. The summed E-state index contributed by atoms with van der Waals surface area (Å²) in [6.07, 6.45) is 0.369. The molecule has 0 fully saturated rings. The minimum absolute atomic E-state index is 0.0968. The molecule has 3 rings (SSSR count). The number of anilines is 1. The molecule has 1 N–H and O–H groups in total. The fourth-order valence-electron chi connectivity index (χ4n) is 4.74. The number of carbonyl (C=O) groups excluding carboxylic acids is 2. The van der Waals surface area contributed by atoms with E-state index in [2.05, 4.69) is 5.32 Å². The van der Waals surface area contributed by atoms with Gasteiger partial charge in [0.25, 0.3) is 10.0 Å². The Labute approximate surface area is 245 Å². The molecule has 0 bridgehead atoms. The van der Waals surface area contributed by atoms with Crippen LogP contribution in [0.3, 0.4) is 0 Å². The lowest BCUT2D eigenvalue weighted by molar-refractivity contribution is -0.141. The molecule has 0 aromatic heterocycles. The van der Waals surface area contributed by atoms with Gasteiger partial charge in [-0.05, 0) is 89.8 Å². The summed E-state index contributed by atoms with van der Waals surface area (Å²) in [5.74, 6) is -0.736. The van der Waals surface area contributed by atoms with Crippen molar-refractivity contribution < 1.29 is 18.0 Å². The third-order valence-corrected chi connectivity index (χ3v) is 8.83. The molecular weight excluding hydrogens is 534 g/mol. The van der Waals surface area contributed by atoms with Gasteiger partial charge >= 0.3 is 0 Å². The van der Waals surface area contributed by atoms with Gasteiger partial charge in [-0.1, -0.05) is 66.6 Å². The average Bonchev–Trinajstić information content (AvgIpc) is 2.88. The summed E-state index contributed by atoms with van der Waals surface area (Å²) in [4.78, 5) is 29.3. The van der Waals surface area contributed by atoms with Gasteiger partial charge < -0.3 is 10.2 Å². The molecule has 0 saturated heterocycles. The molecule has 2 amide bonds. The molecule has 7 nitrogen and oxygen atoms in total. The smallest absolute Gasteiger partial charge is 0.264 e. The number of hydrogen-bond donors (Lipinski definition) is 1. The van der Waals surface area contributed by atoms with E-state index in [0.717, 1.165) is 27.8 Å². The van der Waals surface area contributed by atoms with Crippen LogP contribution < -0.4 is 9.62 Å². The molecule has 0 heterocycles. The Kier molecular flexibility index (Phi) is 10.0. The Morgan fingerprint density at radius 1 is 0.878 bits per heavy atom. The summed E-state index contributed by atoms with van der Waals surface area (Å²) < 4.78 is 29.4.